The van der Waals surface area contributed by atoms with Crippen molar-refractivity contribution < 1.29 is 24.1 Å². The Hall–Kier alpha value is -1.87. The third-order valence-corrected chi connectivity index (χ3v) is 5.32. The van der Waals surface area contributed by atoms with E-state index in [0.717, 1.165) is 24.8 Å². The summed E-state index contributed by atoms with van der Waals surface area (Å²) in [5, 5.41) is 10.6. The largest absolute Gasteiger partial charge is 0.493 e. The van der Waals surface area contributed by atoms with Gasteiger partial charge in [-0.1, -0.05) is 19.9 Å². The van der Waals surface area contributed by atoms with Crippen LogP contribution in [0.2, 0.25) is 0 Å². The third kappa shape index (κ3) is 9.86. The molecule has 1 rings (SSSR count). The average Bonchev–Trinajstić information content (AvgIpc) is 2.73. The Morgan fingerprint density at radius 1 is 1.13 bits per heavy atom. The Balaban J connectivity index is 2.92. The molecule has 0 aliphatic heterocycles. The van der Waals surface area contributed by atoms with Gasteiger partial charge in [0.1, 0.15) is 0 Å². The molecular formula is C23H41N3O5. The van der Waals surface area contributed by atoms with E-state index in [1.54, 1.807) is 21.1 Å². The van der Waals surface area contributed by atoms with E-state index in [4.69, 9.17) is 25.7 Å². The second-order valence-electron chi connectivity index (χ2n) is 8.39. The molecule has 0 bridgehead atoms. The second kappa shape index (κ2) is 14.2. The molecule has 0 saturated carbocycles. The molecule has 0 saturated heterocycles. The standard InChI is InChI=1S/C23H41N3O5/c1-16(2)7-9-19(24)20(27)15-26(17(3)23(25)28)14-18-8-10-21(30-5)22(13-18)31-12-6-11-29-4/h8,10,13,16-17,19-20,27H,6-7,9,11-12,14-15,24H2,1-5H3,(H2,25,28)/t17-,19-,20-/m0/s1. The van der Waals surface area contributed by atoms with Gasteiger partial charge in [-0.2, -0.15) is 0 Å². The lowest BCUT2D eigenvalue weighted by Crippen LogP contribution is -2.49. The Bertz CT molecular complexity index is 656. The number of aliphatic hydroxyl groups is 1. The van der Waals surface area contributed by atoms with Crippen LogP contribution >= 0.6 is 0 Å². The second-order valence-corrected chi connectivity index (χ2v) is 8.39. The number of nitrogens with two attached hydrogens (primary N) is 2. The Morgan fingerprint density at radius 2 is 1.84 bits per heavy atom. The van der Waals surface area contributed by atoms with Crippen LogP contribution in [0.15, 0.2) is 18.2 Å². The van der Waals surface area contributed by atoms with Gasteiger partial charge in [-0.15, -0.1) is 0 Å². The van der Waals surface area contributed by atoms with E-state index >= 15 is 0 Å². The molecule has 5 N–H and O–H groups in total. The van der Waals surface area contributed by atoms with Gasteiger partial charge < -0.3 is 30.8 Å². The zero-order chi connectivity index (χ0) is 23.4. The van der Waals surface area contributed by atoms with Crippen molar-refractivity contribution in [1.82, 2.24) is 4.90 Å². The summed E-state index contributed by atoms with van der Waals surface area (Å²) in [5.41, 5.74) is 12.7. The fourth-order valence-corrected chi connectivity index (χ4v) is 3.19. The van der Waals surface area contributed by atoms with E-state index in [-0.39, 0.29) is 12.6 Å². The molecule has 1 aromatic carbocycles. The molecule has 0 aromatic heterocycles. The van der Waals surface area contributed by atoms with Crippen LogP contribution in [0.25, 0.3) is 0 Å². The SMILES string of the molecule is COCCCOc1cc(CN(C[C@H](O)[C@@H](N)CCC(C)C)[C@@H](C)C(N)=O)ccc1OC. The highest BCUT2D eigenvalue weighted by Crippen LogP contribution is 2.29. The molecule has 0 spiro atoms. The van der Waals surface area contributed by atoms with Gasteiger partial charge in [0, 0.05) is 39.3 Å². The summed E-state index contributed by atoms with van der Waals surface area (Å²) in [6, 6.07) is 4.71. The van der Waals surface area contributed by atoms with E-state index < -0.39 is 18.1 Å². The normalized spacial score (nSPS) is 14.5. The first kappa shape index (κ1) is 27.2. The average molecular weight is 440 g/mol. The topological polar surface area (TPSA) is 120 Å². The minimum Gasteiger partial charge on any atom is -0.493 e. The summed E-state index contributed by atoms with van der Waals surface area (Å²) in [5.74, 6) is 1.32. The van der Waals surface area contributed by atoms with Gasteiger partial charge in [0.2, 0.25) is 5.91 Å². The number of amides is 1. The minimum absolute atomic E-state index is 0.249. The van der Waals surface area contributed by atoms with Gasteiger partial charge in [-0.3, -0.25) is 9.69 Å². The van der Waals surface area contributed by atoms with Crippen LogP contribution < -0.4 is 20.9 Å². The highest BCUT2D eigenvalue weighted by Gasteiger charge is 2.25. The van der Waals surface area contributed by atoms with Gasteiger partial charge in [0.15, 0.2) is 11.5 Å². The number of methoxy groups -OCH3 is 2. The number of hydrogen-bond donors (Lipinski definition) is 3. The number of benzene rings is 1. The van der Waals surface area contributed by atoms with Crippen molar-refractivity contribution >= 4 is 5.91 Å². The number of carbonyl (C=O) groups is 1. The summed E-state index contributed by atoms with van der Waals surface area (Å²) in [4.78, 5) is 13.7. The fourth-order valence-electron chi connectivity index (χ4n) is 3.19. The maximum atomic E-state index is 11.9. The molecule has 0 fully saturated rings. The number of ether oxygens (including phenoxy) is 3. The van der Waals surface area contributed by atoms with Crippen molar-refractivity contribution in [3.05, 3.63) is 23.8 Å². The molecule has 0 aliphatic carbocycles. The summed E-state index contributed by atoms with van der Waals surface area (Å²) < 4.78 is 16.3. The maximum absolute atomic E-state index is 11.9. The summed E-state index contributed by atoms with van der Waals surface area (Å²) in [7, 11) is 3.24. The smallest absolute Gasteiger partial charge is 0.234 e. The maximum Gasteiger partial charge on any atom is 0.234 e. The van der Waals surface area contributed by atoms with Crippen LogP contribution in [0.5, 0.6) is 11.5 Å². The minimum atomic E-state index is -0.761. The van der Waals surface area contributed by atoms with E-state index in [1.165, 1.54) is 0 Å². The summed E-state index contributed by atoms with van der Waals surface area (Å²) >= 11 is 0. The van der Waals surface area contributed by atoms with Crippen LogP contribution in [0.1, 0.15) is 45.6 Å². The first-order valence-electron chi connectivity index (χ1n) is 10.9. The summed E-state index contributed by atoms with van der Waals surface area (Å²) in [6.45, 7) is 7.76. The van der Waals surface area contributed by atoms with E-state index in [0.29, 0.717) is 37.2 Å². The lowest BCUT2D eigenvalue weighted by molar-refractivity contribution is -0.123. The molecule has 0 aliphatic rings. The van der Waals surface area contributed by atoms with Crippen LogP contribution in [-0.4, -0.2) is 68.1 Å². The number of carbonyl (C=O) groups excluding carboxylic acids is 1. The Kier molecular flexibility index (Phi) is 12.5. The number of hydrogen-bond acceptors (Lipinski definition) is 7. The molecule has 0 heterocycles. The molecular weight excluding hydrogens is 398 g/mol. The molecule has 3 atom stereocenters. The van der Waals surface area contributed by atoms with Crippen molar-refractivity contribution in [1.29, 1.82) is 0 Å². The van der Waals surface area contributed by atoms with Crippen molar-refractivity contribution in [2.45, 2.75) is 64.8 Å². The highest BCUT2D eigenvalue weighted by molar-refractivity contribution is 5.79. The predicted molar refractivity (Wildman–Crippen MR) is 122 cm³/mol. The monoisotopic (exact) mass is 439 g/mol. The number of primary amides is 1. The lowest BCUT2D eigenvalue weighted by atomic mass is 9.99. The van der Waals surface area contributed by atoms with Crippen LogP contribution in [-0.2, 0) is 16.1 Å². The van der Waals surface area contributed by atoms with Crippen LogP contribution in [0.3, 0.4) is 0 Å². The molecule has 178 valence electrons. The van der Waals surface area contributed by atoms with Gasteiger partial charge in [0.05, 0.1) is 25.9 Å². The predicted octanol–water partition coefficient (Wildman–Crippen LogP) is 1.91. The first-order valence-corrected chi connectivity index (χ1v) is 10.9. The van der Waals surface area contributed by atoms with Gasteiger partial charge in [-0.05, 0) is 43.4 Å². The van der Waals surface area contributed by atoms with Crippen molar-refractivity contribution in [3.8, 4) is 11.5 Å². The Labute approximate surface area is 186 Å². The fraction of sp³-hybridized carbons (Fsp3) is 0.696. The number of nitrogens with zero attached hydrogens (tertiary/aromatic N) is 1. The molecule has 31 heavy (non-hydrogen) atoms. The molecule has 8 heteroatoms. The van der Waals surface area contributed by atoms with E-state index in [2.05, 4.69) is 13.8 Å². The quantitative estimate of drug-likeness (QED) is 0.337. The zero-order valence-corrected chi connectivity index (χ0v) is 19.7. The van der Waals surface area contributed by atoms with Crippen LogP contribution in [0.4, 0.5) is 0 Å². The molecule has 0 radical (unpaired) electrons. The van der Waals surface area contributed by atoms with Gasteiger partial charge >= 0.3 is 0 Å². The molecule has 0 unspecified atom stereocenters. The molecule has 1 aromatic rings. The van der Waals surface area contributed by atoms with E-state index in [1.807, 2.05) is 23.1 Å². The van der Waals surface area contributed by atoms with Gasteiger partial charge in [-0.25, -0.2) is 0 Å². The zero-order valence-electron chi connectivity index (χ0n) is 19.7. The van der Waals surface area contributed by atoms with E-state index in [9.17, 15) is 9.90 Å². The van der Waals surface area contributed by atoms with Crippen LogP contribution in [0, 0.1) is 5.92 Å². The van der Waals surface area contributed by atoms with Gasteiger partial charge in [0.25, 0.3) is 0 Å². The lowest BCUT2D eigenvalue weighted by Gasteiger charge is -2.31. The molecule has 1 amide bonds. The summed E-state index contributed by atoms with van der Waals surface area (Å²) in [6.07, 6.45) is 1.66. The van der Waals surface area contributed by atoms with Crippen molar-refractivity contribution in [3.63, 3.8) is 0 Å². The van der Waals surface area contributed by atoms with Crippen molar-refractivity contribution in [2.24, 2.45) is 17.4 Å². The highest BCUT2D eigenvalue weighted by atomic mass is 16.5. The first-order chi connectivity index (χ1) is 14.7. The molecule has 8 nitrogen and oxygen atoms in total. The number of rotatable bonds is 16. The third-order valence-electron chi connectivity index (χ3n) is 5.32. The van der Waals surface area contributed by atoms with Crippen molar-refractivity contribution in [2.75, 3.05) is 34.0 Å². The Morgan fingerprint density at radius 3 is 2.42 bits per heavy atom. The number of aliphatic hydroxyl groups excluding tert-OH is 1.